The SMILES string of the molecule is Nc1nc(SC2CCCCC2)ccc1[N+](=O)[O-]. The Balaban J connectivity index is 2.06. The highest BCUT2D eigenvalue weighted by atomic mass is 32.2. The molecule has 0 saturated heterocycles. The summed E-state index contributed by atoms with van der Waals surface area (Å²) in [7, 11) is 0. The Labute approximate surface area is 104 Å². The molecule has 92 valence electrons. The zero-order valence-electron chi connectivity index (χ0n) is 9.46. The molecule has 0 bridgehead atoms. The maximum atomic E-state index is 10.6. The molecule has 0 atom stereocenters. The third-order valence-electron chi connectivity index (χ3n) is 2.91. The highest BCUT2D eigenvalue weighted by Crippen LogP contribution is 2.34. The van der Waals surface area contributed by atoms with Crippen LogP contribution in [-0.2, 0) is 0 Å². The molecule has 1 heterocycles. The molecule has 17 heavy (non-hydrogen) atoms. The molecule has 0 amide bonds. The Morgan fingerprint density at radius 3 is 2.65 bits per heavy atom. The number of pyridine rings is 1. The summed E-state index contributed by atoms with van der Waals surface area (Å²) < 4.78 is 0. The minimum atomic E-state index is -0.503. The Kier molecular flexibility index (Phi) is 3.83. The van der Waals surface area contributed by atoms with Gasteiger partial charge in [0, 0.05) is 11.3 Å². The minimum absolute atomic E-state index is 0.0100. The minimum Gasteiger partial charge on any atom is -0.378 e. The Morgan fingerprint density at radius 1 is 1.35 bits per heavy atom. The van der Waals surface area contributed by atoms with Gasteiger partial charge in [-0.3, -0.25) is 10.1 Å². The molecule has 2 rings (SSSR count). The fraction of sp³-hybridized carbons (Fsp3) is 0.545. The number of nitrogens with two attached hydrogens (primary N) is 1. The lowest BCUT2D eigenvalue weighted by atomic mass is 10.0. The van der Waals surface area contributed by atoms with E-state index in [1.807, 2.05) is 0 Å². The monoisotopic (exact) mass is 253 g/mol. The maximum absolute atomic E-state index is 10.6. The van der Waals surface area contributed by atoms with Gasteiger partial charge in [-0.25, -0.2) is 4.98 Å². The molecule has 0 spiro atoms. The van der Waals surface area contributed by atoms with Crippen molar-refractivity contribution in [3.05, 3.63) is 22.2 Å². The number of hydrogen-bond donors (Lipinski definition) is 1. The number of thioether (sulfide) groups is 1. The van der Waals surface area contributed by atoms with Crippen LogP contribution in [0.5, 0.6) is 0 Å². The molecule has 1 aromatic rings. The van der Waals surface area contributed by atoms with Gasteiger partial charge < -0.3 is 5.73 Å². The van der Waals surface area contributed by atoms with Crippen molar-refractivity contribution in [1.29, 1.82) is 0 Å². The van der Waals surface area contributed by atoms with Crippen molar-refractivity contribution in [2.75, 3.05) is 5.73 Å². The van der Waals surface area contributed by atoms with E-state index in [1.54, 1.807) is 17.8 Å². The first-order valence-corrected chi connectivity index (χ1v) is 6.62. The third-order valence-corrected chi connectivity index (χ3v) is 4.19. The number of nitrogen functional groups attached to an aromatic ring is 1. The molecule has 2 N–H and O–H groups in total. The summed E-state index contributed by atoms with van der Waals surface area (Å²) >= 11 is 1.69. The molecule has 6 heteroatoms. The fourth-order valence-electron chi connectivity index (χ4n) is 2.02. The van der Waals surface area contributed by atoms with Crippen LogP contribution < -0.4 is 5.73 Å². The van der Waals surface area contributed by atoms with E-state index in [0.717, 1.165) is 5.03 Å². The van der Waals surface area contributed by atoms with E-state index < -0.39 is 4.92 Å². The van der Waals surface area contributed by atoms with Crippen LogP contribution in [0.1, 0.15) is 32.1 Å². The average Bonchev–Trinajstić information content (AvgIpc) is 2.30. The van der Waals surface area contributed by atoms with Crippen molar-refractivity contribution in [1.82, 2.24) is 4.98 Å². The average molecular weight is 253 g/mol. The number of hydrogen-bond acceptors (Lipinski definition) is 5. The highest BCUT2D eigenvalue weighted by Gasteiger charge is 2.18. The molecule has 1 aromatic heterocycles. The summed E-state index contributed by atoms with van der Waals surface area (Å²) in [6.45, 7) is 0. The van der Waals surface area contributed by atoms with Crippen LogP contribution in [0.2, 0.25) is 0 Å². The highest BCUT2D eigenvalue weighted by molar-refractivity contribution is 7.99. The van der Waals surface area contributed by atoms with Crippen LogP contribution in [0, 0.1) is 10.1 Å². The predicted molar refractivity (Wildman–Crippen MR) is 68.0 cm³/mol. The summed E-state index contributed by atoms with van der Waals surface area (Å²) in [5.74, 6) is 0.0100. The maximum Gasteiger partial charge on any atom is 0.311 e. The smallest absolute Gasteiger partial charge is 0.311 e. The lowest BCUT2D eigenvalue weighted by Crippen LogP contribution is -2.08. The van der Waals surface area contributed by atoms with E-state index >= 15 is 0 Å². The van der Waals surface area contributed by atoms with Crippen LogP contribution in [0.4, 0.5) is 11.5 Å². The molecule has 1 aliphatic carbocycles. The summed E-state index contributed by atoms with van der Waals surface area (Å²) in [6.07, 6.45) is 6.24. The van der Waals surface area contributed by atoms with Gasteiger partial charge >= 0.3 is 5.69 Å². The third kappa shape index (κ3) is 3.09. The van der Waals surface area contributed by atoms with E-state index in [2.05, 4.69) is 4.98 Å². The van der Waals surface area contributed by atoms with Gasteiger partial charge in [-0.15, -0.1) is 11.8 Å². The van der Waals surface area contributed by atoms with E-state index in [1.165, 1.54) is 38.2 Å². The summed E-state index contributed by atoms with van der Waals surface area (Å²) in [5.41, 5.74) is 5.45. The van der Waals surface area contributed by atoms with E-state index in [0.29, 0.717) is 5.25 Å². The zero-order valence-corrected chi connectivity index (χ0v) is 10.3. The predicted octanol–water partition coefficient (Wildman–Crippen LogP) is 3.00. The molecule has 1 saturated carbocycles. The summed E-state index contributed by atoms with van der Waals surface area (Å²) in [5, 5.41) is 12.0. The number of nitro groups is 1. The largest absolute Gasteiger partial charge is 0.378 e. The summed E-state index contributed by atoms with van der Waals surface area (Å²) in [6, 6.07) is 3.13. The molecular weight excluding hydrogens is 238 g/mol. The molecule has 0 aromatic carbocycles. The van der Waals surface area contributed by atoms with Crippen LogP contribution in [-0.4, -0.2) is 15.2 Å². The van der Waals surface area contributed by atoms with Crippen molar-refractivity contribution < 1.29 is 4.92 Å². The van der Waals surface area contributed by atoms with E-state index in [4.69, 9.17) is 5.73 Å². The lowest BCUT2D eigenvalue weighted by Gasteiger charge is -2.20. The molecule has 0 unspecified atom stereocenters. The zero-order chi connectivity index (χ0) is 12.3. The quantitative estimate of drug-likeness (QED) is 0.661. The van der Waals surface area contributed by atoms with Crippen LogP contribution >= 0.6 is 11.8 Å². The number of anilines is 1. The van der Waals surface area contributed by atoms with Gasteiger partial charge in [0.05, 0.1) is 9.95 Å². The second-order valence-corrected chi connectivity index (χ2v) is 5.51. The summed E-state index contributed by atoms with van der Waals surface area (Å²) in [4.78, 5) is 14.2. The van der Waals surface area contributed by atoms with Crippen LogP contribution in [0.25, 0.3) is 0 Å². The van der Waals surface area contributed by atoms with Crippen molar-refractivity contribution >= 4 is 23.3 Å². The Bertz CT molecular complexity index is 419. The Hall–Kier alpha value is -1.30. The first-order chi connectivity index (χ1) is 8.16. The topological polar surface area (TPSA) is 82.0 Å². The molecule has 1 aliphatic rings. The first-order valence-electron chi connectivity index (χ1n) is 5.74. The van der Waals surface area contributed by atoms with Crippen LogP contribution in [0.3, 0.4) is 0 Å². The van der Waals surface area contributed by atoms with Crippen molar-refractivity contribution in [3.63, 3.8) is 0 Å². The van der Waals surface area contributed by atoms with Gasteiger partial charge in [0.1, 0.15) is 0 Å². The van der Waals surface area contributed by atoms with Crippen molar-refractivity contribution in [3.8, 4) is 0 Å². The molecule has 1 fully saturated rings. The van der Waals surface area contributed by atoms with Gasteiger partial charge in [-0.2, -0.15) is 0 Å². The number of rotatable bonds is 3. The number of aromatic nitrogens is 1. The second-order valence-electron chi connectivity index (χ2n) is 4.19. The van der Waals surface area contributed by atoms with Gasteiger partial charge in [0.15, 0.2) is 0 Å². The van der Waals surface area contributed by atoms with E-state index in [9.17, 15) is 10.1 Å². The number of nitrogens with zero attached hydrogens (tertiary/aromatic N) is 2. The second kappa shape index (κ2) is 5.35. The van der Waals surface area contributed by atoms with Gasteiger partial charge in [-0.1, -0.05) is 19.3 Å². The van der Waals surface area contributed by atoms with Crippen LogP contribution in [0.15, 0.2) is 17.2 Å². The standard InChI is InChI=1S/C11H15N3O2S/c12-11-9(14(15)16)6-7-10(13-11)17-8-4-2-1-3-5-8/h6-8H,1-5H2,(H2,12,13). The first kappa shape index (κ1) is 12.2. The molecule has 0 radical (unpaired) electrons. The van der Waals surface area contributed by atoms with Gasteiger partial charge in [-0.05, 0) is 18.9 Å². The molecule has 5 nitrogen and oxygen atoms in total. The molecule has 0 aliphatic heterocycles. The van der Waals surface area contributed by atoms with Crippen molar-refractivity contribution in [2.24, 2.45) is 0 Å². The Morgan fingerprint density at radius 2 is 2.06 bits per heavy atom. The fourth-order valence-corrected chi connectivity index (χ4v) is 3.23. The normalized spacial score (nSPS) is 16.9. The lowest BCUT2D eigenvalue weighted by molar-refractivity contribution is -0.384. The van der Waals surface area contributed by atoms with Crippen molar-refractivity contribution in [2.45, 2.75) is 42.4 Å². The molecular formula is C11H15N3O2S. The van der Waals surface area contributed by atoms with Gasteiger partial charge in [0.25, 0.3) is 0 Å². The van der Waals surface area contributed by atoms with Gasteiger partial charge in [0.2, 0.25) is 5.82 Å². The van der Waals surface area contributed by atoms with E-state index in [-0.39, 0.29) is 11.5 Å².